The van der Waals surface area contributed by atoms with Crippen molar-refractivity contribution in [1.82, 2.24) is 14.3 Å². The number of aromatic nitrogens is 2. The molecule has 1 saturated heterocycles. The first-order valence-electron chi connectivity index (χ1n) is 6.92. The van der Waals surface area contributed by atoms with Gasteiger partial charge in [0.05, 0.1) is 11.6 Å². The molecule has 0 bridgehead atoms. The number of nitrogens with zero attached hydrogens (tertiary/aromatic N) is 4. The van der Waals surface area contributed by atoms with E-state index in [4.69, 9.17) is 0 Å². The number of piperazine rings is 1. The molecule has 1 fully saturated rings. The van der Waals surface area contributed by atoms with Crippen molar-refractivity contribution in [2.75, 3.05) is 37.3 Å². The lowest BCUT2D eigenvalue weighted by atomic mass is 10.2. The zero-order chi connectivity index (χ0) is 15.0. The second-order valence-electron chi connectivity index (χ2n) is 5.13. The van der Waals surface area contributed by atoms with Crippen LogP contribution in [0.4, 0.5) is 5.82 Å². The van der Waals surface area contributed by atoms with E-state index >= 15 is 0 Å². The molecule has 0 aromatic carbocycles. The number of fused-ring (bicyclic) bond motifs is 1. The van der Waals surface area contributed by atoms with Crippen LogP contribution >= 0.6 is 11.3 Å². The Morgan fingerprint density at radius 2 is 1.95 bits per heavy atom. The van der Waals surface area contributed by atoms with Crippen LogP contribution < -0.4 is 4.90 Å². The van der Waals surface area contributed by atoms with E-state index in [-0.39, 0.29) is 0 Å². The number of anilines is 1. The van der Waals surface area contributed by atoms with Gasteiger partial charge in [-0.25, -0.2) is 18.4 Å². The van der Waals surface area contributed by atoms with Crippen LogP contribution in [-0.4, -0.2) is 55.1 Å². The molecule has 8 heteroatoms. The molecule has 2 aromatic rings. The maximum absolute atomic E-state index is 11.6. The van der Waals surface area contributed by atoms with E-state index < -0.39 is 10.0 Å². The lowest BCUT2D eigenvalue weighted by Crippen LogP contribution is -2.48. The summed E-state index contributed by atoms with van der Waals surface area (Å²) in [5.74, 6) is 0.920. The maximum Gasteiger partial charge on any atom is 0.211 e. The molecule has 0 spiro atoms. The van der Waals surface area contributed by atoms with Gasteiger partial charge < -0.3 is 4.90 Å². The largest absolute Gasteiger partial charge is 0.353 e. The number of sulfonamides is 1. The lowest BCUT2D eigenvalue weighted by Gasteiger charge is -2.34. The Kier molecular flexibility index (Phi) is 3.85. The Balaban J connectivity index is 1.87. The van der Waals surface area contributed by atoms with Crippen molar-refractivity contribution in [3.8, 4) is 0 Å². The van der Waals surface area contributed by atoms with Gasteiger partial charge in [0.15, 0.2) is 0 Å². The first-order valence-corrected chi connectivity index (χ1v) is 9.59. The van der Waals surface area contributed by atoms with Crippen molar-refractivity contribution in [1.29, 1.82) is 0 Å². The van der Waals surface area contributed by atoms with Crippen molar-refractivity contribution in [2.45, 2.75) is 13.3 Å². The molecule has 0 atom stereocenters. The summed E-state index contributed by atoms with van der Waals surface area (Å²) in [5, 5.41) is 1.08. The predicted molar refractivity (Wildman–Crippen MR) is 85.4 cm³/mol. The highest BCUT2D eigenvalue weighted by Gasteiger charge is 2.25. The Bertz CT molecular complexity index is 749. The van der Waals surface area contributed by atoms with E-state index in [1.807, 2.05) is 0 Å². The number of hydrogen-bond donors (Lipinski definition) is 0. The first kappa shape index (κ1) is 14.7. The fourth-order valence-corrected chi connectivity index (χ4v) is 4.31. The zero-order valence-electron chi connectivity index (χ0n) is 12.1. The Morgan fingerprint density at radius 1 is 1.24 bits per heavy atom. The number of aryl methyl sites for hydroxylation is 1. The topological polar surface area (TPSA) is 66.4 Å². The van der Waals surface area contributed by atoms with Gasteiger partial charge >= 0.3 is 0 Å². The summed E-state index contributed by atoms with van der Waals surface area (Å²) < 4.78 is 24.7. The average Bonchev–Trinajstić information content (AvgIpc) is 2.89. The van der Waals surface area contributed by atoms with E-state index in [1.165, 1.54) is 15.4 Å². The monoisotopic (exact) mass is 326 g/mol. The summed E-state index contributed by atoms with van der Waals surface area (Å²) in [6, 6.07) is 2.15. The minimum absolute atomic E-state index is 0.509. The molecule has 0 N–H and O–H groups in total. The van der Waals surface area contributed by atoms with Gasteiger partial charge in [0.2, 0.25) is 10.0 Å². The second-order valence-corrected chi connectivity index (χ2v) is 8.23. The quantitative estimate of drug-likeness (QED) is 0.851. The van der Waals surface area contributed by atoms with Crippen molar-refractivity contribution in [3.05, 3.63) is 17.3 Å². The molecule has 0 amide bonds. The molecule has 21 heavy (non-hydrogen) atoms. The summed E-state index contributed by atoms with van der Waals surface area (Å²) in [5.41, 5.74) is 0. The molecule has 1 aliphatic heterocycles. The highest BCUT2D eigenvalue weighted by molar-refractivity contribution is 7.88. The Labute approximate surface area is 128 Å². The summed E-state index contributed by atoms with van der Waals surface area (Å²) in [7, 11) is -3.10. The number of rotatable bonds is 3. The third kappa shape index (κ3) is 2.88. The maximum atomic E-state index is 11.6. The second kappa shape index (κ2) is 5.51. The highest BCUT2D eigenvalue weighted by atomic mass is 32.2. The molecular formula is C13H18N4O2S2. The third-order valence-electron chi connectivity index (χ3n) is 3.72. The summed E-state index contributed by atoms with van der Waals surface area (Å²) in [6.07, 6.45) is 3.84. The standard InChI is InChI=1S/C13H18N4O2S2/c1-3-10-8-11-12(14-9-15-13(11)20-10)16-4-6-17(7-5-16)21(2,18)19/h8-9H,3-7H2,1-2H3. The molecule has 2 aromatic heterocycles. The van der Waals surface area contributed by atoms with Gasteiger partial charge in [-0.2, -0.15) is 4.31 Å². The molecule has 0 aliphatic carbocycles. The van der Waals surface area contributed by atoms with Gasteiger partial charge in [0.25, 0.3) is 0 Å². The number of hydrogen-bond acceptors (Lipinski definition) is 6. The molecule has 3 heterocycles. The fraction of sp³-hybridized carbons (Fsp3) is 0.538. The highest BCUT2D eigenvalue weighted by Crippen LogP contribution is 2.31. The van der Waals surface area contributed by atoms with Crippen molar-refractivity contribution in [2.24, 2.45) is 0 Å². The zero-order valence-corrected chi connectivity index (χ0v) is 13.7. The molecular weight excluding hydrogens is 308 g/mol. The van der Waals surface area contributed by atoms with E-state index in [0.29, 0.717) is 26.2 Å². The van der Waals surface area contributed by atoms with E-state index in [1.54, 1.807) is 17.7 Å². The van der Waals surface area contributed by atoms with Crippen LogP contribution in [0.15, 0.2) is 12.4 Å². The van der Waals surface area contributed by atoms with Crippen LogP contribution in [0.2, 0.25) is 0 Å². The average molecular weight is 326 g/mol. The van der Waals surface area contributed by atoms with Crippen molar-refractivity contribution in [3.63, 3.8) is 0 Å². The lowest BCUT2D eigenvalue weighted by molar-refractivity contribution is 0.387. The van der Waals surface area contributed by atoms with Gasteiger partial charge in [-0.05, 0) is 12.5 Å². The minimum Gasteiger partial charge on any atom is -0.353 e. The van der Waals surface area contributed by atoms with Crippen LogP contribution in [0.3, 0.4) is 0 Å². The minimum atomic E-state index is -3.10. The smallest absolute Gasteiger partial charge is 0.211 e. The third-order valence-corrected chi connectivity index (χ3v) is 6.21. The van der Waals surface area contributed by atoms with Gasteiger partial charge in [-0.1, -0.05) is 6.92 Å². The SMILES string of the molecule is CCc1cc2c(N3CCN(S(C)(=O)=O)CC3)ncnc2s1. The van der Waals surface area contributed by atoms with Crippen LogP contribution in [-0.2, 0) is 16.4 Å². The van der Waals surface area contributed by atoms with Gasteiger partial charge in [0.1, 0.15) is 17.0 Å². The van der Waals surface area contributed by atoms with Gasteiger partial charge in [-0.15, -0.1) is 11.3 Å². The van der Waals surface area contributed by atoms with Crippen molar-refractivity contribution >= 4 is 37.4 Å². The van der Waals surface area contributed by atoms with E-state index in [0.717, 1.165) is 22.5 Å². The van der Waals surface area contributed by atoms with Crippen LogP contribution in [0, 0.1) is 0 Å². The first-order chi connectivity index (χ1) is 9.99. The predicted octanol–water partition coefficient (Wildman–Crippen LogP) is 1.34. The normalized spacial score (nSPS) is 17.5. The molecule has 6 nitrogen and oxygen atoms in total. The van der Waals surface area contributed by atoms with Gasteiger partial charge in [0, 0.05) is 31.1 Å². The van der Waals surface area contributed by atoms with Crippen LogP contribution in [0.5, 0.6) is 0 Å². The van der Waals surface area contributed by atoms with Crippen LogP contribution in [0.25, 0.3) is 10.2 Å². The van der Waals surface area contributed by atoms with E-state index in [9.17, 15) is 8.42 Å². The van der Waals surface area contributed by atoms with Crippen molar-refractivity contribution < 1.29 is 8.42 Å². The van der Waals surface area contributed by atoms with Crippen LogP contribution in [0.1, 0.15) is 11.8 Å². The Morgan fingerprint density at radius 3 is 2.57 bits per heavy atom. The molecule has 0 saturated carbocycles. The number of thiophene rings is 1. The van der Waals surface area contributed by atoms with Gasteiger partial charge in [-0.3, -0.25) is 0 Å². The summed E-state index contributed by atoms with van der Waals surface area (Å²) >= 11 is 1.70. The fourth-order valence-electron chi connectivity index (χ4n) is 2.55. The molecule has 0 radical (unpaired) electrons. The van der Waals surface area contributed by atoms with E-state index in [2.05, 4.69) is 27.9 Å². The molecule has 1 aliphatic rings. The Hall–Kier alpha value is -1.25. The molecule has 3 rings (SSSR count). The summed E-state index contributed by atoms with van der Waals surface area (Å²) in [6.45, 7) is 4.47. The molecule has 114 valence electrons. The summed E-state index contributed by atoms with van der Waals surface area (Å²) in [4.78, 5) is 13.2. The molecule has 0 unspecified atom stereocenters.